The van der Waals surface area contributed by atoms with Gasteiger partial charge in [-0.3, -0.25) is 14.4 Å². The van der Waals surface area contributed by atoms with E-state index >= 15 is 0 Å². The molecule has 2 saturated heterocycles. The monoisotopic (exact) mass is 406 g/mol. The van der Waals surface area contributed by atoms with Crippen molar-refractivity contribution in [1.82, 2.24) is 9.80 Å². The van der Waals surface area contributed by atoms with Crippen molar-refractivity contribution in [3.63, 3.8) is 0 Å². The van der Waals surface area contributed by atoms with Gasteiger partial charge in [0.25, 0.3) is 5.91 Å². The third kappa shape index (κ3) is 4.28. The van der Waals surface area contributed by atoms with Crippen LogP contribution in [-0.4, -0.2) is 66.8 Å². The number of amides is 2. The molecule has 0 aliphatic carbocycles. The topological polar surface area (TPSA) is 66.9 Å². The molecule has 2 aromatic rings. The summed E-state index contributed by atoms with van der Waals surface area (Å²) in [6, 6.07) is 16.0. The van der Waals surface area contributed by atoms with Crippen LogP contribution >= 0.6 is 0 Å². The van der Waals surface area contributed by atoms with Crippen LogP contribution in [0, 0.1) is 5.92 Å². The molecule has 0 atom stereocenters. The normalized spacial score (nSPS) is 17.6. The largest absolute Gasteiger partial charge is 0.378 e. The van der Waals surface area contributed by atoms with Crippen molar-refractivity contribution >= 4 is 17.6 Å². The number of likely N-dealkylation sites (tertiary alicyclic amines) is 1. The minimum absolute atomic E-state index is 0.0478. The standard InChI is InChI=1S/C24H26N2O4/c27-22(18-6-2-1-3-7-18)20-8-4-5-9-21(20)24(29)25-12-10-19(11-13-25)23(28)26-14-16-30-17-15-26/h1-9,19H,10-17H2. The van der Waals surface area contributed by atoms with Crippen molar-refractivity contribution in [3.8, 4) is 0 Å². The first-order valence-electron chi connectivity index (χ1n) is 10.5. The summed E-state index contributed by atoms with van der Waals surface area (Å²) in [5.74, 6) is -0.178. The second-order valence-corrected chi connectivity index (χ2v) is 7.74. The maximum absolute atomic E-state index is 13.2. The zero-order valence-corrected chi connectivity index (χ0v) is 17.0. The van der Waals surface area contributed by atoms with Crippen LogP contribution in [0.25, 0.3) is 0 Å². The van der Waals surface area contributed by atoms with Crippen molar-refractivity contribution in [2.45, 2.75) is 12.8 Å². The molecule has 2 amide bonds. The highest BCUT2D eigenvalue weighted by Crippen LogP contribution is 2.23. The number of morpholine rings is 1. The Hall–Kier alpha value is -2.99. The Bertz CT molecular complexity index is 914. The SMILES string of the molecule is O=C(c1ccccc1)c1ccccc1C(=O)N1CCC(C(=O)N2CCOCC2)CC1. The summed E-state index contributed by atoms with van der Waals surface area (Å²) in [7, 11) is 0. The molecule has 0 spiro atoms. The van der Waals surface area contributed by atoms with Gasteiger partial charge in [-0.2, -0.15) is 0 Å². The van der Waals surface area contributed by atoms with Crippen LogP contribution in [0.5, 0.6) is 0 Å². The highest BCUT2D eigenvalue weighted by molar-refractivity contribution is 6.15. The van der Waals surface area contributed by atoms with Gasteiger partial charge in [-0.25, -0.2) is 0 Å². The molecule has 4 rings (SSSR count). The van der Waals surface area contributed by atoms with E-state index in [0.717, 1.165) is 0 Å². The van der Waals surface area contributed by atoms with E-state index in [1.807, 2.05) is 23.1 Å². The Kier molecular flexibility index (Phi) is 6.23. The van der Waals surface area contributed by atoms with Gasteiger partial charge in [0, 0.05) is 43.2 Å². The molecule has 2 fully saturated rings. The van der Waals surface area contributed by atoms with Crippen molar-refractivity contribution in [3.05, 3.63) is 71.3 Å². The molecule has 0 N–H and O–H groups in total. The predicted molar refractivity (Wildman–Crippen MR) is 112 cm³/mol. The molecule has 0 aromatic heterocycles. The van der Waals surface area contributed by atoms with E-state index in [4.69, 9.17) is 4.74 Å². The molecular weight excluding hydrogens is 380 g/mol. The molecule has 6 heteroatoms. The number of ketones is 1. The van der Waals surface area contributed by atoms with Gasteiger partial charge in [0.15, 0.2) is 5.78 Å². The second kappa shape index (κ2) is 9.22. The van der Waals surface area contributed by atoms with Crippen molar-refractivity contribution in [2.75, 3.05) is 39.4 Å². The number of ether oxygens (including phenoxy) is 1. The molecule has 6 nitrogen and oxygen atoms in total. The number of rotatable bonds is 4. The maximum atomic E-state index is 13.2. The van der Waals surface area contributed by atoms with Gasteiger partial charge in [-0.1, -0.05) is 48.5 Å². The lowest BCUT2D eigenvalue weighted by Crippen LogP contribution is -2.47. The molecule has 0 radical (unpaired) electrons. The van der Waals surface area contributed by atoms with Crippen molar-refractivity contribution < 1.29 is 19.1 Å². The molecular formula is C24H26N2O4. The lowest BCUT2D eigenvalue weighted by Gasteiger charge is -2.35. The first kappa shape index (κ1) is 20.3. The zero-order chi connectivity index (χ0) is 20.9. The van der Waals surface area contributed by atoms with E-state index in [1.165, 1.54) is 0 Å². The molecule has 156 valence electrons. The van der Waals surface area contributed by atoms with Gasteiger partial charge < -0.3 is 14.5 Å². The van der Waals surface area contributed by atoms with Crippen LogP contribution in [0.15, 0.2) is 54.6 Å². The fourth-order valence-corrected chi connectivity index (χ4v) is 4.15. The highest BCUT2D eigenvalue weighted by atomic mass is 16.5. The first-order chi connectivity index (χ1) is 14.6. The molecule has 0 bridgehead atoms. The van der Waals surface area contributed by atoms with Crippen LogP contribution in [-0.2, 0) is 9.53 Å². The maximum Gasteiger partial charge on any atom is 0.254 e. The number of hydrogen-bond acceptors (Lipinski definition) is 4. The minimum Gasteiger partial charge on any atom is -0.378 e. The van der Waals surface area contributed by atoms with Gasteiger partial charge in [-0.05, 0) is 18.9 Å². The van der Waals surface area contributed by atoms with E-state index in [1.54, 1.807) is 41.3 Å². The summed E-state index contributed by atoms with van der Waals surface area (Å²) in [6.45, 7) is 3.52. The number of carbonyl (C=O) groups is 3. The molecule has 2 aromatic carbocycles. The Balaban J connectivity index is 1.44. The smallest absolute Gasteiger partial charge is 0.254 e. The molecule has 2 aliphatic heterocycles. The van der Waals surface area contributed by atoms with E-state index in [0.29, 0.717) is 68.9 Å². The number of carbonyl (C=O) groups excluding carboxylic acids is 3. The molecule has 30 heavy (non-hydrogen) atoms. The first-order valence-corrected chi connectivity index (χ1v) is 10.5. The molecule has 0 unspecified atom stereocenters. The number of benzene rings is 2. The summed E-state index contributed by atoms with van der Waals surface area (Å²) in [4.78, 5) is 42.5. The quantitative estimate of drug-likeness (QED) is 0.732. The summed E-state index contributed by atoms with van der Waals surface area (Å²) in [5, 5.41) is 0. The fraction of sp³-hybridized carbons (Fsp3) is 0.375. The Morgan fingerprint density at radius 2 is 1.33 bits per heavy atom. The lowest BCUT2D eigenvalue weighted by atomic mass is 9.93. The Morgan fingerprint density at radius 1 is 0.733 bits per heavy atom. The van der Waals surface area contributed by atoms with Crippen LogP contribution in [0.1, 0.15) is 39.1 Å². The number of hydrogen-bond donors (Lipinski definition) is 0. The van der Waals surface area contributed by atoms with E-state index in [9.17, 15) is 14.4 Å². The third-order valence-corrected chi connectivity index (χ3v) is 5.89. The van der Waals surface area contributed by atoms with Gasteiger partial charge in [0.1, 0.15) is 0 Å². The average molecular weight is 406 g/mol. The van der Waals surface area contributed by atoms with Crippen LogP contribution in [0.4, 0.5) is 0 Å². The van der Waals surface area contributed by atoms with Gasteiger partial charge >= 0.3 is 0 Å². The van der Waals surface area contributed by atoms with E-state index < -0.39 is 0 Å². The fourth-order valence-electron chi connectivity index (χ4n) is 4.15. The molecule has 2 heterocycles. The van der Waals surface area contributed by atoms with Gasteiger partial charge in [0.2, 0.25) is 5.91 Å². The van der Waals surface area contributed by atoms with Crippen LogP contribution in [0.3, 0.4) is 0 Å². The van der Waals surface area contributed by atoms with E-state index in [2.05, 4.69) is 0 Å². The van der Waals surface area contributed by atoms with Gasteiger partial charge in [0.05, 0.1) is 18.8 Å². The van der Waals surface area contributed by atoms with Crippen molar-refractivity contribution in [1.29, 1.82) is 0 Å². The molecule has 2 aliphatic rings. The third-order valence-electron chi connectivity index (χ3n) is 5.89. The number of piperidine rings is 1. The minimum atomic E-state index is -0.156. The van der Waals surface area contributed by atoms with Crippen LogP contribution < -0.4 is 0 Å². The Morgan fingerprint density at radius 3 is 2.00 bits per heavy atom. The highest BCUT2D eigenvalue weighted by Gasteiger charge is 2.32. The summed E-state index contributed by atoms with van der Waals surface area (Å²) >= 11 is 0. The lowest BCUT2D eigenvalue weighted by molar-refractivity contribution is -0.141. The average Bonchev–Trinajstić information content (AvgIpc) is 2.84. The summed E-state index contributed by atoms with van der Waals surface area (Å²) in [6.07, 6.45) is 1.30. The van der Waals surface area contributed by atoms with E-state index in [-0.39, 0.29) is 23.5 Å². The predicted octanol–water partition coefficient (Wildman–Crippen LogP) is 2.63. The zero-order valence-electron chi connectivity index (χ0n) is 17.0. The summed E-state index contributed by atoms with van der Waals surface area (Å²) in [5.41, 5.74) is 1.40. The van der Waals surface area contributed by atoms with Crippen LogP contribution in [0.2, 0.25) is 0 Å². The molecule has 0 saturated carbocycles. The van der Waals surface area contributed by atoms with Gasteiger partial charge in [-0.15, -0.1) is 0 Å². The second-order valence-electron chi connectivity index (χ2n) is 7.74. The number of nitrogens with zero attached hydrogens (tertiary/aromatic N) is 2. The van der Waals surface area contributed by atoms with Crippen molar-refractivity contribution in [2.24, 2.45) is 5.92 Å². The summed E-state index contributed by atoms with van der Waals surface area (Å²) < 4.78 is 5.32. The Labute approximate surface area is 176 Å².